The van der Waals surface area contributed by atoms with E-state index in [0.29, 0.717) is 17.5 Å². The lowest BCUT2D eigenvalue weighted by molar-refractivity contribution is 0.669. The molecule has 0 spiro atoms. The second-order valence-corrected chi connectivity index (χ2v) is 11.2. The summed E-state index contributed by atoms with van der Waals surface area (Å²) in [6.07, 6.45) is 0. The lowest BCUT2D eigenvalue weighted by Crippen LogP contribution is -2.01. The molecule has 0 saturated carbocycles. The van der Waals surface area contributed by atoms with Crippen molar-refractivity contribution in [3.05, 3.63) is 152 Å². The zero-order chi connectivity index (χ0) is 29.7. The van der Waals surface area contributed by atoms with Gasteiger partial charge in [-0.3, -0.25) is 0 Å². The molecule has 4 heteroatoms. The Bertz CT molecular complexity index is 2480. The second-order valence-electron chi connectivity index (χ2n) is 11.2. The van der Waals surface area contributed by atoms with Gasteiger partial charge in [-0.2, -0.15) is 0 Å². The van der Waals surface area contributed by atoms with E-state index in [4.69, 9.17) is 19.4 Å². The molecule has 4 nitrogen and oxygen atoms in total. The molecule has 0 radical (unpaired) electrons. The number of nitrogens with zero attached hydrogens (tertiary/aromatic N) is 3. The Labute approximate surface area is 259 Å². The lowest BCUT2D eigenvalue weighted by atomic mass is 9.89. The maximum atomic E-state index is 6.42. The van der Waals surface area contributed by atoms with E-state index in [-0.39, 0.29) is 0 Å². The highest BCUT2D eigenvalue weighted by molar-refractivity contribution is 6.19. The summed E-state index contributed by atoms with van der Waals surface area (Å²) in [6.45, 7) is 0. The fourth-order valence-electron chi connectivity index (χ4n) is 6.47. The maximum Gasteiger partial charge on any atom is 0.165 e. The first kappa shape index (κ1) is 25.4. The third kappa shape index (κ3) is 4.19. The predicted molar refractivity (Wildman–Crippen MR) is 184 cm³/mol. The number of para-hydroxylation sites is 1. The van der Waals surface area contributed by atoms with E-state index in [1.54, 1.807) is 0 Å². The SMILES string of the molecule is c1ccc(-c2nc(-c3ccccc3)nc(-c3c(-c4cc5ccccc5c5ccccc45)ccc4oc5ccccc5c34)n2)cc1. The standard InChI is InChI=1S/C41H25N3O/c1-3-13-26(14-4-1)39-42-40(27-15-5-2-6-16-27)44-41(43-39)38-32(23-24-36-37(38)33-21-11-12-22-35(33)45-36)34-25-28-17-7-8-18-29(28)30-19-9-10-20-31(30)34/h1-25H. The minimum absolute atomic E-state index is 0.604. The van der Waals surface area contributed by atoms with Crippen molar-refractivity contribution in [2.45, 2.75) is 0 Å². The largest absolute Gasteiger partial charge is 0.456 e. The van der Waals surface area contributed by atoms with Crippen LogP contribution in [0.25, 0.3) is 88.8 Å². The Morgan fingerprint density at radius 2 is 0.933 bits per heavy atom. The minimum atomic E-state index is 0.604. The van der Waals surface area contributed by atoms with E-state index >= 15 is 0 Å². The molecule has 0 fully saturated rings. The molecular formula is C41H25N3O. The normalized spacial score (nSPS) is 11.6. The highest BCUT2D eigenvalue weighted by Gasteiger charge is 2.23. The van der Waals surface area contributed by atoms with Gasteiger partial charge in [-0.15, -0.1) is 0 Å². The molecule has 0 aliphatic heterocycles. The van der Waals surface area contributed by atoms with Crippen LogP contribution in [-0.2, 0) is 0 Å². The molecule has 0 bridgehead atoms. The molecular weight excluding hydrogens is 550 g/mol. The zero-order valence-electron chi connectivity index (χ0n) is 24.2. The van der Waals surface area contributed by atoms with Gasteiger partial charge >= 0.3 is 0 Å². The quantitative estimate of drug-likeness (QED) is 0.196. The first-order chi connectivity index (χ1) is 22.3. The molecule has 45 heavy (non-hydrogen) atoms. The van der Waals surface area contributed by atoms with Crippen molar-refractivity contribution >= 4 is 43.5 Å². The van der Waals surface area contributed by atoms with Crippen LogP contribution in [0.1, 0.15) is 0 Å². The van der Waals surface area contributed by atoms with Crippen LogP contribution in [0.4, 0.5) is 0 Å². The topological polar surface area (TPSA) is 51.8 Å². The number of hydrogen-bond acceptors (Lipinski definition) is 4. The van der Waals surface area contributed by atoms with Gasteiger partial charge < -0.3 is 4.42 Å². The molecule has 0 saturated heterocycles. The van der Waals surface area contributed by atoms with E-state index in [9.17, 15) is 0 Å². The van der Waals surface area contributed by atoms with Crippen molar-refractivity contribution in [3.63, 3.8) is 0 Å². The van der Waals surface area contributed by atoms with Gasteiger partial charge in [0.15, 0.2) is 17.5 Å². The maximum absolute atomic E-state index is 6.42. The number of rotatable bonds is 4. The van der Waals surface area contributed by atoms with Gasteiger partial charge in [0.25, 0.3) is 0 Å². The Balaban J connectivity index is 1.44. The van der Waals surface area contributed by atoms with Gasteiger partial charge in [0.1, 0.15) is 11.2 Å². The summed E-state index contributed by atoms with van der Waals surface area (Å²) in [6, 6.07) is 52.1. The molecule has 7 aromatic carbocycles. The Hall–Kier alpha value is -6.13. The summed E-state index contributed by atoms with van der Waals surface area (Å²) in [5.41, 5.74) is 6.57. The Morgan fingerprint density at radius 1 is 0.378 bits per heavy atom. The van der Waals surface area contributed by atoms with Crippen molar-refractivity contribution in [1.82, 2.24) is 15.0 Å². The summed E-state index contributed by atoms with van der Waals surface area (Å²) in [5.74, 6) is 1.85. The molecule has 9 rings (SSSR count). The molecule has 0 N–H and O–H groups in total. The first-order valence-corrected chi connectivity index (χ1v) is 15.0. The third-order valence-corrected chi connectivity index (χ3v) is 8.52. The van der Waals surface area contributed by atoms with Crippen LogP contribution in [0.5, 0.6) is 0 Å². The van der Waals surface area contributed by atoms with Crippen LogP contribution in [0.3, 0.4) is 0 Å². The fourth-order valence-corrected chi connectivity index (χ4v) is 6.47. The van der Waals surface area contributed by atoms with Gasteiger partial charge in [-0.1, -0.05) is 127 Å². The highest BCUT2D eigenvalue weighted by atomic mass is 16.3. The summed E-state index contributed by atoms with van der Waals surface area (Å²) < 4.78 is 6.42. The minimum Gasteiger partial charge on any atom is -0.456 e. The molecule has 0 aliphatic rings. The van der Waals surface area contributed by atoms with E-state index < -0.39 is 0 Å². The molecule has 0 aliphatic carbocycles. The number of fused-ring (bicyclic) bond motifs is 6. The lowest BCUT2D eigenvalue weighted by Gasteiger charge is -2.16. The zero-order valence-corrected chi connectivity index (χ0v) is 24.2. The monoisotopic (exact) mass is 575 g/mol. The van der Waals surface area contributed by atoms with E-state index in [2.05, 4.69) is 78.9 Å². The molecule has 0 amide bonds. The second kappa shape index (κ2) is 10.2. The molecule has 0 atom stereocenters. The van der Waals surface area contributed by atoms with Gasteiger partial charge in [0, 0.05) is 27.5 Å². The first-order valence-electron chi connectivity index (χ1n) is 15.0. The third-order valence-electron chi connectivity index (χ3n) is 8.52. The summed E-state index contributed by atoms with van der Waals surface area (Å²) in [5, 5.41) is 6.80. The van der Waals surface area contributed by atoms with E-state index in [0.717, 1.165) is 49.8 Å². The number of aromatic nitrogens is 3. The Morgan fingerprint density at radius 3 is 1.64 bits per heavy atom. The summed E-state index contributed by atoms with van der Waals surface area (Å²) >= 11 is 0. The fraction of sp³-hybridized carbons (Fsp3) is 0. The van der Waals surface area contributed by atoms with E-state index in [1.807, 2.05) is 72.8 Å². The van der Waals surface area contributed by atoms with Crippen molar-refractivity contribution in [2.75, 3.05) is 0 Å². The summed E-state index contributed by atoms with van der Waals surface area (Å²) in [4.78, 5) is 15.4. The van der Waals surface area contributed by atoms with Crippen LogP contribution in [0.2, 0.25) is 0 Å². The van der Waals surface area contributed by atoms with E-state index in [1.165, 1.54) is 21.5 Å². The molecule has 9 aromatic rings. The van der Waals surface area contributed by atoms with Crippen LogP contribution in [0, 0.1) is 0 Å². The van der Waals surface area contributed by atoms with Crippen LogP contribution < -0.4 is 0 Å². The van der Waals surface area contributed by atoms with Crippen molar-refractivity contribution in [2.24, 2.45) is 0 Å². The van der Waals surface area contributed by atoms with Crippen molar-refractivity contribution in [1.29, 1.82) is 0 Å². The molecule has 210 valence electrons. The Kier molecular flexibility index (Phi) is 5.78. The average molecular weight is 576 g/mol. The average Bonchev–Trinajstić information content (AvgIpc) is 3.50. The molecule has 2 heterocycles. The number of hydrogen-bond donors (Lipinski definition) is 0. The molecule has 0 unspecified atom stereocenters. The van der Waals surface area contributed by atoms with Crippen molar-refractivity contribution < 1.29 is 4.42 Å². The van der Waals surface area contributed by atoms with Gasteiger partial charge in [-0.05, 0) is 56.9 Å². The van der Waals surface area contributed by atoms with Crippen LogP contribution >= 0.6 is 0 Å². The highest BCUT2D eigenvalue weighted by Crippen LogP contribution is 2.45. The molecule has 2 aromatic heterocycles. The van der Waals surface area contributed by atoms with Gasteiger partial charge in [0.2, 0.25) is 0 Å². The summed E-state index contributed by atoms with van der Waals surface area (Å²) in [7, 11) is 0. The van der Waals surface area contributed by atoms with Crippen LogP contribution in [0.15, 0.2) is 156 Å². The number of benzene rings is 7. The smallest absolute Gasteiger partial charge is 0.165 e. The number of furan rings is 1. The predicted octanol–water partition coefficient (Wildman–Crippen LogP) is 10.7. The van der Waals surface area contributed by atoms with Gasteiger partial charge in [0.05, 0.1) is 0 Å². The van der Waals surface area contributed by atoms with Crippen LogP contribution in [-0.4, -0.2) is 15.0 Å². The van der Waals surface area contributed by atoms with Gasteiger partial charge in [-0.25, -0.2) is 15.0 Å². The van der Waals surface area contributed by atoms with Crippen molar-refractivity contribution in [3.8, 4) is 45.3 Å².